The molecule has 3 amide bonds. The first-order chi connectivity index (χ1) is 17.0. The minimum atomic E-state index is -0.594. The zero-order valence-corrected chi connectivity index (χ0v) is 20.1. The highest BCUT2D eigenvalue weighted by molar-refractivity contribution is 5.97. The topological polar surface area (TPSA) is 151 Å². The van der Waals surface area contributed by atoms with Crippen molar-refractivity contribution in [1.29, 1.82) is 0 Å². The quantitative estimate of drug-likeness (QED) is 0.448. The lowest BCUT2D eigenvalue weighted by Gasteiger charge is -2.28. The highest BCUT2D eigenvalue weighted by atomic mass is 16.5. The molecular weight excluding hydrogens is 448 g/mol. The number of nitrogens with zero attached hydrogens (tertiary/aromatic N) is 1. The third kappa shape index (κ3) is 6.19. The average molecular weight is 483 g/mol. The van der Waals surface area contributed by atoms with E-state index in [1.807, 2.05) is 0 Å². The van der Waals surface area contributed by atoms with Gasteiger partial charge in [-0.1, -0.05) is 6.42 Å². The van der Waals surface area contributed by atoms with Crippen LogP contribution in [-0.4, -0.2) is 41.5 Å². The summed E-state index contributed by atoms with van der Waals surface area (Å²) in [5.74, 6) is 1.16. The number of amides is 3. The maximum Gasteiger partial charge on any atom is 0.411 e. The Labute approximate surface area is 204 Å². The minimum Gasteiger partial charge on any atom is -0.453 e. The fourth-order valence-electron chi connectivity index (χ4n) is 4.85. The first-order valence-corrected chi connectivity index (χ1v) is 12.3. The van der Waals surface area contributed by atoms with Crippen LogP contribution < -0.4 is 21.7 Å². The molecule has 188 valence electrons. The maximum atomic E-state index is 13.1. The molecule has 1 aliphatic carbocycles. The Hall–Kier alpha value is -3.40. The van der Waals surface area contributed by atoms with Crippen molar-refractivity contribution < 1.29 is 19.1 Å². The van der Waals surface area contributed by atoms with Gasteiger partial charge in [-0.05, 0) is 69.2 Å². The van der Waals surface area contributed by atoms with Crippen LogP contribution in [0.3, 0.4) is 0 Å². The number of nitrogens with two attached hydrogens (primary N) is 1. The molecule has 0 radical (unpaired) electrons. The molecule has 1 aliphatic heterocycles. The first-order valence-electron chi connectivity index (χ1n) is 12.3. The lowest BCUT2D eigenvalue weighted by atomic mass is 9.81. The number of ether oxygens (including phenoxy) is 1. The summed E-state index contributed by atoms with van der Waals surface area (Å²) >= 11 is 0. The normalized spacial score (nSPS) is 22.6. The smallest absolute Gasteiger partial charge is 0.411 e. The zero-order valence-electron chi connectivity index (χ0n) is 20.1. The number of anilines is 2. The number of H-pyrrole nitrogens is 1. The molecule has 10 heteroatoms. The van der Waals surface area contributed by atoms with Gasteiger partial charge in [0.2, 0.25) is 11.8 Å². The van der Waals surface area contributed by atoms with E-state index in [1.165, 1.54) is 7.11 Å². The van der Waals surface area contributed by atoms with Crippen LogP contribution in [0.2, 0.25) is 0 Å². The van der Waals surface area contributed by atoms with E-state index in [0.29, 0.717) is 54.6 Å². The van der Waals surface area contributed by atoms with Crippen LogP contribution in [0, 0.1) is 11.8 Å². The zero-order chi connectivity index (χ0) is 24.8. The number of imidazole rings is 1. The largest absolute Gasteiger partial charge is 0.453 e. The van der Waals surface area contributed by atoms with E-state index in [2.05, 4.69) is 30.7 Å². The van der Waals surface area contributed by atoms with Gasteiger partial charge in [-0.15, -0.1) is 0 Å². The predicted molar refractivity (Wildman–Crippen MR) is 133 cm³/mol. The molecule has 0 spiro atoms. The summed E-state index contributed by atoms with van der Waals surface area (Å²) in [5, 5.41) is 8.78. The van der Waals surface area contributed by atoms with Gasteiger partial charge in [0, 0.05) is 23.6 Å². The van der Waals surface area contributed by atoms with E-state index < -0.39 is 6.09 Å². The summed E-state index contributed by atoms with van der Waals surface area (Å²) < 4.78 is 4.66. The van der Waals surface area contributed by atoms with Gasteiger partial charge in [0.25, 0.3) is 0 Å². The Bertz CT molecular complexity index is 1060. The number of carbonyl (C=O) groups excluding carboxylic acids is 3. The second kappa shape index (κ2) is 11.4. The lowest BCUT2D eigenvalue weighted by molar-refractivity contribution is -0.127. The second-order valence-electron chi connectivity index (χ2n) is 9.37. The number of fused-ring (bicyclic) bond motifs is 4. The number of hydrogen-bond donors (Lipinski definition) is 5. The minimum absolute atomic E-state index is 0.000789. The van der Waals surface area contributed by atoms with Crippen molar-refractivity contribution in [1.82, 2.24) is 15.3 Å². The Morgan fingerprint density at radius 2 is 1.97 bits per heavy atom. The summed E-state index contributed by atoms with van der Waals surface area (Å²) in [7, 11) is 1.29. The van der Waals surface area contributed by atoms with Crippen molar-refractivity contribution in [3.63, 3.8) is 0 Å². The van der Waals surface area contributed by atoms with E-state index >= 15 is 0 Å². The second-order valence-corrected chi connectivity index (χ2v) is 9.37. The van der Waals surface area contributed by atoms with Crippen molar-refractivity contribution in [3.8, 4) is 11.3 Å². The SMILES string of the molecule is COC(=O)Nc1ccc2c(c1)NC(=O)CCCC[C@H](NC(=O)C1CCC(CN)CC1)c1ncc-2[nH]1. The first kappa shape index (κ1) is 24.7. The monoisotopic (exact) mass is 482 g/mol. The number of nitrogens with one attached hydrogen (secondary N) is 4. The van der Waals surface area contributed by atoms with Crippen LogP contribution in [-0.2, 0) is 14.3 Å². The highest BCUT2D eigenvalue weighted by Gasteiger charge is 2.28. The van der Waals surface area contributed by atoms with Crippen LogP contribution in [0.4, 0.5) is 16.2 Å². The third-order valence-corrected chi connectivity index (χ3v) is 6.96. The van der Waals surface area contributed by atoms with Crippen molar-refractivity contribution in [2.45, 2.75) is 57.4 Å². The molecule has 4 rings (SSSR count). The van der Waals surface area contributed by atoms with Gasteiger partial charge >= 0.3 is 6.09 Å². The van der Waals surface area contributed by atoms with Gasteiger partial charge in [0.05, 0.1) is 30.7 Å². The molecule has 2 aromatic rings. The summed E-state index contributed by atoms with van der Waals surface area (Å²) in [5.41, 5.74) is 8.29. The van der Waals surface area contributed by atoms with Gasteiger partial charge < -0.3 is 26.1 Å². The van der Waals surface area contributed by atoms with Crippen molar-refractivity contribution in [2.75, 3.05) is 24.3 Å². The van der Waals surface area contributed by atoms with E-state index in [0.717, 1.165) is 37.7 Å². The molecule has 2 heterocycles. The van der Waals surface area contributed by atoms with E-state index in [9.17, 15) is 14.4 Å². The number of aromatic nitrogens is 2. The van der Waals surface area contributed by atoms with Crippen molar-refractivity contribution in [3.05, 3.63) is 30.2 Å². The van der Waals surface area contributed by atoms with Gasteiger partial charge in [0.1, 0.15) is 5.82 Å². The Kier molecular flexibility index (Phi) is 8.02. The Morgan fingerprint density at radius 1 is 1.17 bits per heavy atom. The Balaban J connectivity index is 1.56. The van der Waals surface area contributed by atoms with Crippen LogP contribution >= 0.6 is 0 Å². The molecule has 1 aromatic heterocycles. The molecule has 2 bridgehead atoms. The molecule has 2 aliphatic rings. The number of carbonyl (C=O) groups is 3. The molecular formula is C25H34N6O4. The Morgan fingerprint density at radius 3 is 2.71 bits per heavy atom. The average Bonchev–Trinajstić information content (AvgIpc) is 3.35. The number of hydrogen-bond acceptors (Lipinski definition) is 6. The molecule has 35 heavy (non-hydrogen) atoms. The summed E-state index contributed by atoms with van der Waals surface area (Å²) in [4.78, 5) is 45.2. The van der Waals surface area contributed by atoms with E-state index in [4.69, 9.17) is 5.73 Å². The van der Waals surface area contributed by atoms with Crippen LogP contribution in [0.5, 0.6) is 0 Å². The van der Waals surface area contributed by atoms with Crippen LogP contribution in [0.25, 0.3) is 11.3 Å². The third-order valence-electron chi connectivity index (χ3n) is 6.96. The molecule has 1 fully saturated rings. The highest BCUT2D eigenvalue weighted by Crippen LogP contribution is 2.33. The molecule has 10 nitrogen and oxygen atoms in total. The summed E-state index contributed by atoms with van der Waals surface area (Å²) in [6.45, 7) is 0.682. The van der Waals surface area contributed by atoms with Gasteiger partial charge in [-0.2, -0.15) is 0 Å². The maximum absolute atomic E-state index is 13.1. The molecule has 0 unspecified atom stereocenters. The fourth-order valence-corrected chi connectivity index (χ4v) is 4.85. The number of rotatable bonds is 4. The predicted octanol–water partition coefficient (Wildman–Crippen LogP) is 3.69. The van der Waals surface area contributed by atoms with Crippen LogP contribution in [0.15, 0.2) is 24.4 Å². The number of benzene rings is 1. The molecule has 1 atom stereocenters. The number of aromatic amines is 1. The van der Waals surface area contributed by atoms with E-state index in [1.54, 1.807) is 24.4 Å². The molecule has 0 saturated heterocycles. The number of methoxy groups -OCH3 is 1. The van der Waals surface area contributed by atoms with Crippen LogP contribution in [0.1, 0.15) is 63.2 Å². The molecule has 1 saturated carbocycles. The lowest BCUT2D eigenvalue weighted by Crippen LogP contribution is -2.37. The van der Waals surface area contributed by atoms with E-state index in [-0.39, 0.29) is 23.8 Å². The standard InChI is InChI=1S/C25H34N6O4/c1-35-25(34)28-17-10-11-18-20(12-17)29-22(32)5-3-2-4-19(23-27-14-21(18)30-23)31-24(33)16-8-6-15(13-26)7-9-16/h10-12,14-16,19H,2-9,13,26H2,1H3,(H,27,30)(H,28,34)(H,29,32)(H,31,33)/t15?,16?,19-/m0/s1. The van der Waals surface area contributed by atoms with Crippen molar-refractivity contribution >= 4 is 29.3 Å². The van der Waals surface area contributed by atoms with Gasteiger partial charge in [0.15, 0.2) is 0 Å². The summed E-state index contributed by atoms with van der Waals surface area (Å²) in [6, 6.07) is 4.96. The fraction of sp³-hybridized carbons (Fsp3) is 0.520. The van der Waals surface area contributed by atoms with Gasteiger partial charge in [-0.3, -0.25) is 14.9 Å². The molecule has 1 aromatic carbocycles. The van der Waals surface area contributed by atoms with Crippen molar-refractivity contribution in [2.24, 2.45) is 17.6 Å². The van der Waals surface area contributed by atoms with Gasteiger partial charge in [-0.25, -0.2) is 9.78 Å². The molecule has 6 N–H and O–H groups in total. The summed E-state index contributed by atoms with van der Waals surface area (Å²) in [6.07, 6.45) is 7.31.